The molecule has 0 unspecified atom stereocenters. The number of anilines is 1. The number of fused-ring (bicyclic) bond motifs is 1. The molecule has 152 valence electrons. The monoisotopic (exact) mass is 434 g/mol. The average molecular weight is 435 g/mol. The highest BCUT2D eigenvalue weighted by atomic mass is 32.2. The molecule has 0 aliphatic carbocycles. The van der Waals surface area contributed by atoms with E-state index in [1.165, 1.54) is 16.9 Å². The fourth-order valence-corrected chi connectivity index (χ4v) is 4.81. The highest BCUT2D eigenvalue weighted by molar-refractivity contribution is 8.00. The van der Waals surface area contributed by atoms with Crippen LogP contribution in [0.15, 0.2) is 77.7 Å². The van der Waals surface area contributed by atoms with Crippen LogP contribution in [-0.2, 0) is 11.3 Å². The Morgan fingerprint density at radius 1 is 1.07 bits per heavy atom. The molecule has 0 spiro atoms. The van der Waals surface area contributed by atoms with Crippen molar-refractivity contribution in [3.8, 4) is 5.75 Å². The first-order valence-corrected chi connectivity index (χ1v) is 11.4. The molecule has 0 saturated heterocycles. The minimum atomic E-state index is 0.0375. The molecule has 0 aliphatic rings. The van der Waals surface area contributed by atoms with Gasteiger partial charge in [0.2, 0.25) is 5.91 Å². The van der Waals surface area contributed by atoms with Crippen LogP contribution >= 0.6 is 23.1 Å². The van der Waals surface area contributed by atoms with Crippen LogP contribution in [0.3, 0.4) is 0 Å². The lowest BCUT2D eigenvalue weighted by Gasteiger charge is -2.20. The van der Waals surface area contributed by atoms with E-state index in [1.807, 2.05) is 48.5 Å². The molecule has 0 aliphatic heterocycles. The summed E-state index contributed by atoms with van der Waals surface area (Å²) in [6, 6.07) is 24.0. The molecular formula is C24H22N2O2S2. The van der Waals surface area contributed by atoms with Crippen molar-refractivity contribution in [3.05, 3.63) is 83.9 Å². The molecule has 0 saturated carbocycles. The molecule has 1 aromatic heterocycles. The van der Waals surface area contributed by atoms with Crippen molar-refractivity contribution in [2.45, 2.75) is 18.4 Å². The van der Waals surface area contributed by atoms with E-state index in [1.54, 1.807) is 23.8 Å². The number of methoxy groups -OCH3 is 1. The molecule has 0 fully saturated rings. The Hall–Kier alpha value is -2.83. The Balaban J connectivity index is 1.60. The number of hydrogen-bond donors (Lipinski definition) is 0. The van der Waals surface area contributed by atoms with Crippen LogP contribution in [0, 0.1) is 6.92 Å². The van der Waals surface area contributed by atoms with Crippen molar-refractivity contribution in [2.24, 2.45) is 0 Å². The van der Waals surface area contributed by atoms with Gasteiger partial charge in [0, 0.05) is 4.90 Å². The number of amides is 1. The van der Waals surface area contributed by atoms with Gasteiger partial charge in [0.25, 0.3) is 0 Å². The molecule has 30 heavy (non-hydrogen) atoms. The van der Waals surface area contributed by atoms with Crippen LogP contribution in [0.2, 0.25) is 0 Å². The standard InChI is InChI=1S/C24H22N2O2S2/c1-17-8-11-20(12-9-17)29-16-23(27)26(15-18-6-4-3-5-7-18)24-25-21-13-10-19(28-2)14-22(21)30-24/h3-14H,15-16H2,1-2H3. The third-order valence-corrected chi connectivity index (χ3v) is 6.72. The van der Waals surface area contributed by atoms with Gasteiger partial charge in [-0.2, -0.15) is 0 Å². The van der Waals surface area contributed by atoms with E-state index in [0.717, 1.165) is 26.4 Å². The summed E-state index contributed by atoms with van der Waals surface area (Å²) < 4.78 is 6.33. The van der Waals surface area contributed by atoms with Crippen molar-refractivity contribution in [1.82, 2.24) is 4.98 Å². The van der Waals surface area contributed by atoms with Crippen LogP contribution in [-0.4, -0.2) is 23.8 Å². The number of thioether (sulfide) groups is 1. The first-order chi connectivity index (χ1) is 14.6. The fraction of sp³-hybridized carbons (Fsp3) is 0.167. The second-order valence-corrected chi connectivity index (χ2v) is 8.96. The zero-order valence-electron chi connectivity index (χ0n) is 16.9. The number of carbonyl (C=O) groups excluding carboxylic acids is 1. The Labute approximate surface area is 184 Å². The zero-order valence-corrected chi connectivity index (χ0v) is 18.5. The first kappa shape index (κ1) is 20.4. The Morgan fingerprint density at radius 2 is 1.83 bits per heavy atom. The number of nitrogens with zero attached hydrogens (tertiary/aromatic N) is 2. The lowest BCUT2D eigenvalue weighted by Crippen LogP contribution is -2.31. The number of rotatable bonds is 7. The minimum Gasteiger partial charge on any atom is -0.497 e. The van der Waals surface area contributed by atoms with Crippen LogP contribution in [0.5, 0.6) is 5.75 Å². The predicted octanol–water partition coefficient (Wildman–Crippen LogP) is 5.94. The maximum atomic E-state index is 13.2. The molecule has 3 aromatic carbocycles. The van der Waals surface area contributed by atoms with Crippen molar-refractivity contribution in [3.63, 3.8) is 0 Å². The summed E-state index contributed by atoms with van der Waals surface area (Å²) in [4.78, 5) is 20.8. The van der Waals surface area contributed by atoms with Crippen LogP contribution in [0.25, 0.3) is 10.2 Å². The minimum absolute atomic E-state index is 0.0375. The van der Waals surface area contributed by atoms with E-state index >= 15 is 0 Å². The summed E-state index contributed by atoms with van der Waals surface area (Å²) in [5.74, 6) is 1.18. The SMILES string of the molecule is COc1ccc2nc(N(Cc3ccccc3)C(=O)CSc3ccc(C)cc3)sc2c1. The van der Waals surface area contributed by atoms with Gasteiger partial charge in [-0.15, -0.1) is 11.8 Å². The van der Waals surface area contributed by atoms with Crippen molar-refractivity contribution < 1.29 is 9.53 Å². The molecule has 0 radical (unpaired) electrons. The molecule has 0 atom stereocenters. The largest absolute Gasteiger partial charge is 0.497 e. The van der Waals surface area contributed by atoms with Gasteiger partial charge in [0.15, 0.2) is 5.13 Å². The maximum Gasteiger partial charge on any atom is 0.239 e. The second kappa shape index (κ2) is 9.32. The summed E-state index contributed by atoms with van der Waals surface area (Å²) in [5.41, 5.74) is 3.15. The number of ether oxygens (including phenoxy) is 1. The lowest BCUT2D eigenvalue weighted by atomic mass is 10.2. The summed E-state index contributed by atoms with van der Waals surface area (Å²) in [6.07, 6.45) is 0. The van der Waals surface area contributed by atoms with E-state index in [2.05, 4.69) is 31.2 Å². The lowest BCUT2D eigenvalue weighted by molar-refractivity contribution is -0.116. The molecular weight excluding hydrogens is 412 g/mol. The smallest absolute Gasteiger partial charge is 0.239 e. The zero-order chi connectivity index (χ0) is 20.9. The predicted molar refractivity (Wildman–Crippen MR) is 126 cm³/mol. The average Bonchev–Trinajstić information content (AvgIpc) is 3.20. The number of thiazole rings is 1. The number of carbonyl (C=O) groups is 1. The van der Waals surface area contributed by atoms with Gasteiger partial charge >= 0.3 is 0 Å². The quantitative estimate of drug-likeness (QED) is 0.338. The van der Waals surface area contributed by atoms with E-state index < -0.39 is 0 Å². The molecule has 0 bridgehead atoms. The molecule has 6 heteroatoms. The van der Waals surface area contributed by atoms with Crippen LogP contribution < -0.4 is 9.64 Å². The Bertz CT molecular complexity index is 1140. The molecule has 1 heterocycles. The second-order valence-electron chi connectivity index (χ2n) is 6.90. The summed E-state index contributed by atoms with van der Waals surface area (Å²) in [7, 11) is 1.65. The third kappa shape index (κ3) is 4.83. The topological polar surface area (TPSA) is 42.4 Å². The molecule has 4 rings (SSSR count). The van der Waals surface area contributed by atoms with Crippen molar-refractivity contribution in [2.75, 3.05) is 17.8 Å². The van der Waals surface area contributed by atoms with Gasteiger partial charge in [0.05, 0.1) is 29.6 Å². The third-order valence-electron chi connectivity index (χ3n) is 4.68. The number of aryl methyl sites for hydroxylation is 1. The molecule has 0 N–H and O–H groups in total. The van der Waals surface area contributed by atoms with E-state index in [0.29, 0.717) is 17.4 Å². The normalized spacial score (nSPS) is 10.9. The summed E-state index contributed by atoms with van der Waals surface area (Å²) in [6.45, 7) is 2.55. The van der Waals surface area contributed by atoms with Crippen LogP contribution in [0.4, 0.5) is 5.13 Å². The number of aromatic nitrogens is 1. The number of benzene rings is 3. The summed E-state index contributed by atoms with van der Waals surface area (Å²) >= 11 is 3.06. The number of hydrogen-bond acceptors (Lipinski definition) is 5. The van der Waals surface area contributed by atoms with Crippen molar-refractivity contribution in [1.29, 1.82) is 0 Å². The van der Waals surface area contributed by atoms with Gasteiger partial charge in [0.1, 0.15) is 5.75 Å². The van der Waals surface area contributed by atoms with Crippen LogP contribution in [0.1, 0.15) is 11.1 Å². The van der Waals surface area contributed by atoms with Gasteiger partial charge in [-0.1, -0.05) is 59.4 Å². The van der Waals surface area contributed by atoms with E-state index in [-0.39, 0.29) is 5.91 Å². The van der Waals surface area contributed by atoms with E-state index in [9.17, 15) is 4.79 Å². The van der Waals surface area contributed by atoms with E-state index in [4.69, 9.17) is 9.72 Å². The maximum absolute atomic E-state index is 13.2. The van der Waals surface area contributed by atoms with Gasteiger partial charge in [-0.25, -0.2) is 4.98 Å². The van der Waals surface area contributed by atoms with Gasteiger partial charge in [-0.05, 0) is 42.8 Å². The first-order valence-electron chi connectivity index (χ1n) is 9.61. The molecule has 4 nitrogen and oxygen atoms in total. The molecule has 1 amide bonds. The molecule has 4 aromatic rings. The van der Waals surface area contributed by atoms with Gasteiger partial charge < -0.3 is 4.74 Å². The Kier molecular flexibility index (Phi) is 6.35. The summed E-state index contributed by atoms with van der Waals surface area (Å²) in [5, 5.41) is 0.705. The highest BCUT2D eigenvalue weighted by Gasteiger charge is 2.20. The fourth-order valence-electron chi connectivity index (χ4n) is 3.02. The Morgan fingerprint density at radius 3 is 2.57 bits per heavy atom. The van der Waals surface area contributed by atoms with Gasteiger partial charge in [-0.3, -0.25) is 9.69 Å². The van der Waals surface area contributed by atoms with Crippen molar-refractivity contribution >= 4 is 44.4 Å². The highest BCUT2D eigenvalue weighted by Crippen LogP contribution is 2.33.